The molecular weight excluding hydrogens is 579 g/mol. The van der Waals surface area contributed by atoms with E-state index in [0.717, 1.165) is 5.56 Å². The molecule has 1 atom stereocenters. The Hall–Kier alpha value is -4.50. The Morgan fingerprint density at radius 3 is 2.75 bits per heavy atom. The van der Waals surface area contributed by atoms with E-state index in [9.17, 15) is 9.90 Å². The van der Waals surface area contributed by atoms with Crippen LogP contribution in [0.1, 0.15) is 49.9 Å². The van der Waals surface area contributed by atoms with Gasteiger partial charge in [-0.2, -0.15) is 11.3 Å². The summed E-state index contributed by atoms with van der Waals surface area (Å²) in [7, 11) is 0. The minimum atomic E-state index is -0.950. The first-order valence-corrected chi connectivity index (χ1v) is 15.6. The van der Waals surface area contributed by atoms with Crippen LogP contribution in [-0.4, -0.2) is 24.2 Å². The lowest BCUT2D eigenvalue weighted by Crippen LogP contribution is -2.39. The van der Waals surface area contributed by atoms with Crippen molar-refractivity contribution in [3.05, 3.63) is 111 Å². The number of hydrogen-bond donors (Lipinski definition) is 2. The average molecular weight is 615 g/mol. The number of halogens is 1. The molecule has 0 saturated heterocycles. The predicted octanol–water partition coefficient (Wildman–Crippen LogP) is 7.97. The molecule has 3 aromatic carbocycles. The van der Waals surface area contributed by atoms with Crippen molar-refractivity contribution in [2.24, 2.45) is 5.41 Å². The average Bonchev–Trinajstić information content (AvgIpc) is 3.47. The van der Waals surface area contributed by atoms with Crippen LogP contribution in [-0.2, 0) is 22.6 Å². The summed E-state index contributed by atoms with van der Waals surface area (Å²) in [5.74, 6) is 0.564. The summed E-state index contributed by atoms with van der Waals surface area (Å²) >= 11 is 1.57. The molecule has 7 nitrogen and oxygen atoms in total. The Labute approximate surface area is 260 Å². The first kappa shape index (κ1) is 29.6. The van der Waals surface area contributed by atoms with Crippen LogP contribution < -0.4 is 19.7 Å². The van der Waals surface area contributed by atoms with Crippen LogP contribution in [0.25, 0.3) is 0 Å². The highest BCUT2D eigenvalue weighted by atomic mass is 32.1. The summed E-state index contributed by atoms with van der Waals surface area (Å²) in [6, 6.07) is 18.1. The van der Waals surface area contributed by atoms with E-state index in [2.05, 4.69) is 19.2 Å². The number of rotatable bonds is 8. The number of phenols is 1. The van der Waals surface area contributed by atoms with E-state index in [-0.39, 0.29) is 29.1 Å². The highest BCUT2D eigenvalue weighted by Gasteiger charge is 2.42. The first-order valence-electron chi connectivity index (χ1n) is 14.6. The van der Waals surface area contributed by atoms with Gasteiger partial charge in [-0.15, -0.1) is 0 Å². The van der Waals surface area contributed by atoms with Crippen LogP contribution in [0.4, 0.5) is 15.8 Å². The third kappa shape index (κ3) is 5.97. The second-order valence-corrected chi connectivity index (χ2v) is 12.5. The fourth-order valence-corrected chi connectivity index (χ4v) is 6.36. The van der Waals surface area contributed by atoms with E-state index < -0.39 is 11.9 Å². The molecule has 228 valence electrons. The van der Waals surface area contributed by atoms with Gasteiger partial charge < -0.3 is 24.6 Å². The minimum absolute atomic E-state index is 0.0146. The van der Waals surface area contributed by atoms with Gasteiger partial charge in [-0.05, 0) is 66.1 Å². The van der Waals surface area contributed by atoms with Gasteiger partial charge in [0.05, 0.1) is 31.0 Å². The molecule has 6 rings (SSSR count). The molecule has 44 heavy (non-hydrogen) atoms. The molecule has 9 heteroatoms. The molecular formula is C35H35FN2O5S. The first-order chi connectivity index (χ1) is 21.2. The Kier molecular flexibility index (Phi) is 8.23. The monoisotopic (exact) mass is 614 g/mol. The second-order valence-electron chi connectivity index (χ2n) is 11.8. The van der Waals surface area contributed by atoms with Crippen molar-refractivity contribution in [1.82, 2.24) is 0 Å². The topological polar surface area (TPSA) is 80.3 Å². The molecule has 3 heterocycles. The Balaban J connectivity index is 1.47. The summed E-state index contributed by atoms with van der Waals surface area (Å²) < 4.78 is 34.3. The van der Waals surface area contributed by atoms with Crippen molar-refractivity contribution in [1.29, 1.82) is 0 Å². The summed E-state index contributed by atoms with van der Waals surface area (Å²) in [5, 5.41) is 18.3. The molecule has 2 aliphatic rings. The zero-order chi connectivity index (χ0) is 30.8. The predicted molar refractivity (Wildman–Crippen MR) is 170 cm³/mol. The number of para-hydroxylation sites is 2. The molecule has 0 saturated carbocycles. The maximum Gasteiger partial charge on any atom is 0.232 e. The largest absolute Gasteiger partial charge is 0.506 e. The third-order valence-corrected chi connectivity index (χ3v) is 8.50. The molecule has 0 spiro atoms. The number of phenolic OH excluding ortho intramolecular Hbond substituents is 1. The highest BCUT2D eigenvalue weighted by Crippen LogP contribution is 2.50. The van der Waals surface area contributed by atoms with E-state index in [0.29, 0.717) is 66.1 Å². The highest BCUT2D eigenvalue weighted by molar-refractivity contribution is 7.07. The second kappa shape index (κ2) is 12.2. The van der Waals surface area contributed by atoms with Gasteiger partial charge in [0.1, 0.15) is 47.2 Å². The van der Waals surface area contributed by atoms with Gasteiger partial charge in [0.2, 0.25) is 5.91 Å². The molecule has 1 unspecified atom stereocenters. The number of aromatic hydroxyl groups is 1. The van der Waals surface area contributed by atoms with Gasteiger partial charge in [-0.1, -0.05) is 38.1 Å². The SMILES string of the molecule is CCOc1ccccc1CC(=O)N1c2cccc(O)c2NC2=C(OCC(C)(C)C2)C1c1ccc(OCc2ccsc2)cc1F. The Morgan fingerprint density at radius 2 is 1.98 bits per heavy atom. The van der Waals surface area contributed by atoms with Gasteiger partial charge in [0.25, 0.3) is 0 Å². The zero-order valence-electron chi connectivity index (χ0n) is 24.9. The number of ether oxygens (including phenoxy) is 3. The fourth-order valence-electron chi connectivity index (χ4n) is 5.70. The fraction of sp³-hybridized carbons (Fsp3) is 0.286. The van der Waals surface area contributed by atoms with E-state index in [1.165, 1.54) is 11.0 Å². The maximum atomic E-state index is 16.2. The number of anilines is 2. The van der Waals surface area contributed by atoms with Crippen molar-refractivity contribution in [2.75, 3.05) is 23.4 Å². The summed E-state index contributed by atoms with van der Waals surface area (Å²) in [6.45, 7) is 7.20. The number of amides is 1. The maximum absolute atomic E-state index is 16.2. The Bertz CT molecular complexity index is 1700. The summed E-state index contributed by atoms with van der Waals surface area (Å²) in [5.41, 5.74) is 3.21. The molecule has 4 aromatic rings. The third-order valence-electron chi connectivity index (χ3n) is 7.77. The van der Waals surface area contributed by atoms with Crippen LogP contribution in [0.2, 0.25) is 0 Å². The van der Waals surface area contributed by atoms with Gasteiger partial charge in [-0.3, -0.25) is 9.69 Å². The van der Waals surface area contributed by atoms with Crippen molar-refractivity contribution in [3.63, 3.8) is 0 Å². The molecule has 0 radical (unpaired) electrons. The van der Waals surface area contributed by atoms with Gasteiger partial charge in [0.15, 0.2) is 0 Å². The van der Waals surface area contributed by atoms with Crippen molar-refractivity contribution in [3.8, 4) is 17.2 Å². The quantitative estimate of drug-likeness (QED) is 0.196. The standard InChI is InChI=1S/C35H35FN2O5S/c1-4-41-30-11-6-5-8-23(30)16-31(40)38-28-9-7-10-29(39)32(28)37-27-18-35(2,3)21-43-34(27)33(38)25-13-12-24(17-26(25)36)42-19-22-14-15-44-20-22/h5-15,17,20,33,37,39H,4,16,18-19,21H2,1-3H3. The van der Waals surface area contributed by atoms with E-state index in [4.69, 9.17) is 14.2 Å². The number of nitrogens with one attached hydrogen (secondary N) is 1. The number of benzene rings is 3. The van der Waals surface area contributed by atoms with Crippen molar-refractivity contribution in [2.45, 2.75) is 46.3 Å². The molecule has 0 bridgehead atoms. The van der Waals surface area contributed by atoms with Gasteiger partial charge in [-0.25, -0.2) is 4.39 Å². The number of hydrogen-bond acceptors (Lipinski definition) is 7. The number of allylic oxidation sites excluding steroid dienone is 1. The van der Waals surface area contributed by atoms with Crippen molar-refractivity contribution < 1.29 is 28.5 Å². The lowest BCUT2D eigenvalue weighted by molar-refractivity contribution is -0.118. The van der Waals surface area contributed by atoms with Gasteiger partial charge in [0, 0.05) is 22.6 Å². The van der Waals surface area contributed by atoms with Crippen LogP contribution in [0.5, 0.6) is 17.2 Å². The molecule has 1 amide bonds. The summed E-state index contributed by atoms with van der Waals surface area (Å²) in [4.78, 5) is 16.0. The minimum Gasteiger partial charge on any atom is -0.506 e. The van der Waals surface area contributed by atoms with E-state index >= 15 is 4.39 Å². The number of fused-ring (bicyclic) bond motifs is 1. The Morgan fingerprint density at radius 1 is 1.14 bits per heavy atom. The van der Waals surface area contributed by atoms with Crippen LogP contribution in [0.15, 0.2) is 88.9 Å². The smallest absolute Gasteiger partial charge is 0.232 e. The molecule has 0 fully saturated rings. The molecule has 1 aromatic heterocycles. The van der Waals surface area contributed by atoms with Crippen molar-refractivity contribution >= 4 is 28.6 Å². The molecule has 0 aliphatic carbocycles. The lowest BCUT2D eigenvalue weighted by Gasteiger charge is -2.38. The number of nitrogens with zero attached hydrogens (tertiary/aromatic N) is 1. The summed E-state index contributed by atoms with van der Waals surface area (Å²) in [6.07, 6.45) is 0.560. The van der Waals surface area contributed by atoms with Gasteiger partial charge >= 0.3 is 0 Å². The number of carbonyl (C=O) groups excluding carboxylic acids is 1. The normalized spacial score (nSPS) is 17.1. The number of thiophene rings is 1. The van der Waals surface area contributed by atoms with E-state index in [1.807, 2.05) is 48.0 Å². The number of carbonyl (C=O) groups is 1. The van der Waals surface area contributed by atoms with Crippen LogP contribution in [0.3, 0.4) is 0 Å². The van der Waals surface area contributed by atoms with E-state index in [1.54, 1.807) is 41.7 Å². The molecule has 2 aliphatic heterocycles. The van der Waals surface area contributed by atoms with Crippen LogP contribution >= 0.6 is 11.3 Å². The van der Waals surface area contributed by atoms with Crippen LogP contribution in [0, 0.1) is 11.2 Å². The zero-order valence-corrected chi connectivity index (χ0v) is 25.7. The lowest BCUT2D eigenvalue weighted by atomic mass is 9.85. The molecule has 2 N–H and O–H groups in total.